The summed E-state index contributed by atoms with van der Waals surface area (Å²) in [6.45, 7) is 5.58. The molecule has 1 heterocycles. The van der Waals surface area contributed by atoms with E-state index in [1.54, 1.807) is 18.3 Å². The lowest BCUT2D eigenvalue weighted by Gasteiger charge is -2.30. The van der Waals surface area contributed by atoms with E-state index in [1.807, 2.05) is 5.32 Å². The Hall–Kier alpha value is -2.52. The van der Waals surface area contributed by atoms with Crippen LogP contribution in [-0.4, -0.2) is 36.6 Å². The second kappa shape index (κ2) is 8.04. The molecule has 0 unspecified atom stereocenters. The summed E-state index contributed by atoms with van der Waals surface area (Å²) in [5.41, 5.74) is -2.98. The number of alkyl halides is 3. The van der Waals surface area contributed by atoms with Gasteiger partial charge in [-0.1, -0.05) is 6.07 Å². The SMILES string of the molecule is CCOC(=O)[C@](NC(=O)OC(C)C)(Nc1cccc(C)[nH+]1)C(F)(F)F. The highest BCUT2D eigenvalue weighted by Crippen LogP contribution is 2.32. The molecule has 0 aliphatic heterocycles. The average molecular weight is 364 g/mol. The van der Waals surface area contributed by atoms with Gasteiger partial charge in [-0.3, -0.25) is 5.32 Å². The monoisotopic (exact) mass is 364 g/mol. The number of halogens is 3. The van der Waals surface area contributed by atoms with Gasteiger partial charge in [0, 0.05) is 6.07 Å². The van der Waals surface area contributed by atoms with Crippen LogP contribution in [-0.2, 0) is 14.3 Å². The molecule has 0 aliphatic carbocycles. The Morgan fingerprint density at radius 3 is 2.40 bits per heavy atom. The molecular weight excluding hydrogens is 343 g/mol. The molecule has 0 spiro atoms. The molecule has 3 N–H and O–H groups in total. The summed E-state index contributed by atoms with van der Waals surface area (Å²) in [7, 11) is 0. The Morgan fingerprint density at radius 2 is 1.92 bits per heavy atom. The fourth-order valence-corrected chi connectivity index (χ4v) is 1.89. The number of ether oxygens (including phenoxy) is 2. The van der Waals surface area contributed by atoms with Crippen LogP contribution in [0, 0.1) is 6.92 Å². The van der Waals surface area contributed by atoms with Gasteiger partial charge in [0.2, 0.25) is 0 Å². The van der Waals surface area contributed by atoms with Crippen LogP contribution >= 0.6 is 0 Å². The van der Waals surface area contributed by atoms with Gasteiger partial charge in [-0.25, -0.2) is 19.9 Å². The van der Waals surface area contributed by atoms with Crippen LogP contribution < -0.4 is 15.6 Å². The predicted molar refractivity (Wildman–Crippen MR) is 81.5 cm³/mol. The molecule has 0 fully saturated rings. The third kappa shape index (κ3) is 5.23. The van der Waals surface area contributed by atoms with Crippen LogP contribution in [0.5, 0.6) is 0 Å². The summed E-state index contributed by atoms with van der Waals surface area (Å²) < 4.78 is 50.6. The maximum Gasteiger partial charge on any atom is 0.464 e. The van der Waals surface area contributed by atoms with Crippen molar-refractivity contribution in [3.8, 4) is 0 Å². The summed E-state index contributed by atoms with van der Waals surface area (Å²) in [5.74, 6) is -1.85. The van der Waals surface area contributed by atoms with Gasteiger partial charge >= 0.3 is 23.9 Å². The molecule has 140 valence electrons. The van der Waals surface area contributed by atoms with Gasteiger partial charge < -0.3 is 9.47 Å². The van der Waals surface area contributed by atoms with E-state index in [0.29, 0.717) is 5.69 Å². The lowest BCUT2D eigenvalue weighted by Crippen LogP contribution is -2.70. The van der Waals surface area contributed by atoms with Crippen molar-refractivity contribution in [3.63, 3.8) is 0 Å². The largest absolute Gasteiger partial charge is 0.464 e. The third-order valence-corrected chi connectivity index (χ3v) is 2.90. The zero-order valence-corrected chi connectivity index (χ0v) is 14.3. The van der Waals surface area contributed by atoms with Crippen molar-refractivity contribution >= 4 is 17.9 Å². The van der Waals surface area contributed by atoms with Crippen molar-refractivity contribution in [2.75, 3.05) is 11.9 Å². The molecule has 1 atom stereocenters. The zero-order chi connectivity index (χ0) is 19.3. The summed E-state index contributed by atoms with van der Waals surface area (Å²) in [6, 6.07) is 4.38. The van der Waals surface area contributed by atoms with Crippen molar-refractivity contribution in [1.82, 2.24) is 5.32 Å². The van der Waals surface area contributed by atoms with Crippen LogP contribution in [0.4, 0.5) is 23.8 Å². The smallest absolute Gasteiger partial charge is 0.461 e. The molecule has 25 heavy (non-hydrogen) atoms. The van der Waals surface area contributed by atoms with Crippen LogP contribution in [0.3, 0.4) is 0 Å². The fourth-order valence-electron chi connectivity index (χ4n) is 1.89. The first-order valence-electron chi connectivity index (χ1n) is 7.51. The lowest BCUT2D eigenvalue weighted by molar-refractivity contribution is -0.372. The quantitative estimate of drug-likeness (QED) is 0.596. The summed E-state index contributed by atoms with van der Waals surface area (Å²) in [6.07, 6.45) is -7.31. The second-order valence-corrected chi connectivity index (χ2v) is 5.42. The van der Waals surface area contributed by atoms with Gasteiger partial charge in [-0.15, -0.1) is 0 Å². The van der Waals surface area contributed by atoms with Gasteiger partial charge in [0.15, 0.2) is 0 Å². The first-order chi connectivity index (χ1) is 11.5. The average Bonchev–Trinajstić information content (AvgIpc) is 2.44. The highest BCUT2D eigenvalue weighted by Gasteiger charge is 2.68. The topological polar surface area (TPSA) is 90.8 Å². The Labute approximate surface area is 142 Å². The number of nitrogens with one attached hydrogen (secondary N) is 3. The standard InChI is InChI=1S/C15H20F3N3O4/c1-5-24-12(22)14(15(16,17)18,21-13(23)25-9(2)3)20-11-8-6-7-10(4)19-11/h6-9H,5H2,1-4H3,(H,19,20)(H,21,23)/p+1/t14-/m1/s1. The Morgan fingerprint density at radius 1 is 1.28 bits per heavy atom. The summed E-state index contributed by atoms with van der Waals surface area (Å²) in [4.78, 5) is 26.6. The number of alkyl carbamates (subject to hydrolysis) is 1. The molecule has 1 aromatic rings. The van der Waals surface area contributed by atoms with Gasteiger partial charge in [0.1, 0.15) is 0 Å². The number of esters is 1. The van der Waals surface area contributed by atoms with E-state index in [4.69, 9.17) is 0 Å². The van der Waals surface area contributed by atoms with Crippen molar-refractivity contribution in [2.45, 2.75) is 45.6 Å². The molecule has 0 radical (unpaired) electrons. The third-order valence-electron chi connectivity index (χ3n) is 2.90. The molecule has 0 bridgehead atoms. The Balaban J connectivity index is 3.33. The molecule has 10 heteroatoms. The number of aryl methyl sites for hydroxylation is 1. The van der Waals surface area contributed by atoms with Crippen LogP contribution in [0.2, 0.25) is 0 Å². The molecule has 0 saturated heterocycles. The minimum Gasteiger partial charge on any atom is -0.461 e. The van der Waals surface area contributed by atoms with Crippen LogP contribution in [0.25, 0.3) is 0 Å². The molecule has 1 rings (SSSR count). The molecule has 0 aliphatic rings. The number of carbonyl (C=O) groups is 2. The van der Waals surface area contributed by atoms with Gasteiger partial charge in [0.05, 0.1) is 18.4 Å². The number of aromatic nitrogens is 1. The van der Waals surface area contributed by atoms with E-state index in [1.165, 1.54) is 32.9 Å². The normalized spacial score (nSPS) is 13.8. The fraction of sp³-hybridized carbons (Fsp3) is 0.533. The molecule has 0 aromatic carbocycles. The van der Waals surface area contributed by atoms with Crippen molar-refractivity contribution in [3.05, 3.63) is 23.9 Å². The number of rotatable bonds is 6. The highest BCUT2D eigenvalue weighted by molar-refractivity contribution is 5.89. The number of anilines is 1. The van der Waals surface area contributed by atoms with Crippen LogP contribution in [0.1, 0.15) is 26.5 Å². The van der Waals surface area contributed by atoms with Gasteiger partial charge in [0.25, 0.3) is 5.82 Å². The number of pyridine rings is 1. The number of hydrogen-bond donors (Lipinski definition) is 2. The predicted octanol–water partition coefficient (Wildman–Crippen LogP) is 2.18. The van der Waals surface area contributed by atoms with E-state index in [0.717, 1.165) is 0 Å². The number of carbonyl (C=O) groups excluding carboxylic acids is 2. The van der Waals surface area contributed by atoms with Crippen molar-refractivity contribution < 1.29 is 37.2 Å². The van der Waals surface area contributed by atoms with Crippen molar-refractivity contribution in [1.29, 1.82) is 0 Å². The molecule has 1 amide bonds. The van der Waals surface area contributed by atoms with E-state index in [-0.39, 0.29) is 12.4 Å². The van der Waals surface area contributed by atoms with Crippen LogP contribution in [0.15, 0.2) is 18.2 Å². The molecule has 0 saturated carbocycles. The summed E-state index contributed by atoms with van der Waals surface area (Å²) >= 11 is 0. The number of H-pyrrole nitrogens is 1. The maximum absolute atomic E-state index is 13.8. The highest BCUT2D eigenvalue weighted by atomic mass is 19.4. The van der Waals surface area contributed by atoms with Crippen molar-refractivity contribution in [2.24, 2.45) is 0 Å². The first kappa shape index (κ1) is 20.5. The zero-order valence-electron chi connectivity index (χ0n) is 14.3. The maximum atomic E-state index is 13.8. The van der Waals surface area contributed by atoms with E-state index < -0.39 is 30.0 Å². The van der Waals surface area contributed by atoms with E-state index in [9.17, 15) is 22.8 Å². The minimum atomic E-state index is -5.22. The number of amides is 1. The molecule has 1 aromatic heterocycles. The van der Waals surface area contributed by atoms with E-state index in [2.05, 4.69) is 14.5 Å². The minimum absolute atomic E-state index is 0.143. The van der Waals surface area contributed by atoms with Gasteiger partial charge in [-0.2, -0.15) is 13.2 Å². The Bertz CT molecular complexity index is 622. The number of aromatic amines is 1. The van der Waals surface area contributed by atoms with Gasteiger partial charge in [-0.05, 0) is 33.8 Å². The Kier molecular flexibility index (Phi) is 6.60. The molecule has 7 nitrogen and oxygen atoms in total. The number of hydrogen-bond acceptors (Lipinski definition) is 5. The first-order valence-corrected chi connectivity index (χ1v) is 7.51. The summed E-state index contributed by atoms with van der Waals surface area (Å²) in [5, 5.41) is 3.56. The molecular formula is C15H21F3N3O4+. The van der Waals surface area contributed by atoms with E-state index >= 15 is 0 Å². The lowest BCUT2D eigenvalue weighted by atomic mass is 10.1. The second-order valence-electron chi connectivity index (χ2n) is 5.42.